The van der Waals surface area contributed by atoms with Crippen molar-refractivity contribution in [2.24, 2.45) is 0 Å². The Labute approximate surface area is 143 Å². The molecular weight excluding hydrogens is 322 g/mol. The number of aromatic nitrogens is 2. The van der Waals surface area contributed by atoms with E-state index in [0.29, 0.717) is 36.2 Å². The summed E-state index contributed by atoms with van der Waals surface area (Å²) in [7, 11) is 0. The number of benzene rings is 2. The van der Waals surface area contributed by atoms with Crippen molar-refractivity contribution in [1.82, 2.24) is 9.55 Å². The molecule has 1 aliphatic rings. The van der Waals surface area contributed by atoms with Crippen molar-refractivity contribution in [2.45, 2.75) is 13.2 Å². The van der Waals surface area contributed by atoms with Gasteiger partial charge in [-0.3, -0.25) is 4.79 Å². The van der Waals surface area contributed by atoms with Crippen LogP contribution < -0.4 is 14.8 Å². The quantitative estimate of drug-likeness (QED) is 0.759. The summed E-state index contributed by atoms with van der Waals surface area (Å²) in [5.41, 5.74) is 2.19. The Hall–Kier alpha value is -3.06. The van der Waals surface area contributed by atoms with E-state index in [4.69, 9.17) is 9.47 Å². The number of hydrogen-bond donors (Lipinski definition) is 2. The summed E-state index contributed by atoms with van der Waals surface area (Å²) < 4.78 is 12.7. The van der Waals surface area contributed by atoms with Gasteiger partial charge in [0, 0.05) is 11.8 Å². The van der Waals surface area contributed by atoms with E-state index in [2.05, 4.69) is 10.3 Å². The summed E-state index contributed by atoms with van der Waals surface area (Å²) in [6.07, 6.45) is 0. The lowest BCUT2D eigenvalue weighted by Gasteiger charge is -2.19. The average molecular weight is 339 g/mol. The van der Waals surface area contributed by atoms with E-state index in [0.717, 1.165) is 11.0 Å². The highest BCUT2D eigenvalue weighted by Crippen LogP contribution is 2.32. The molecule has 7 heteroatoms. The zero-order chi connectivity index (χ0) is 17.2. The molecule has 1 amide bonds. The SMILES string of the molecule is O=C(Cn1c(CO)nc2ccccc21)Nc1ccc2c(c1)OCCO2. The number of aliphatic hydroxyl groups excluding tert-OH is 1. The normalized spacial score (nSPS) is 13.0. The maximum Gasteiger partial charge on any atom is 0.244 e. The minimum atomic E-state index is -0.230. The van der Waals surface area contributed by atoms with Crippen LogP contribution >= 0.6 is 0 Å². The molecule has 0 bridgehead atoms. The Kier molecular flexibility index (Phi) is 3.99. The number of aliphatic hydroxyl groups is 1. The number of anilines is 1. The minimum Gasteiger partial charge on any atom is -0.486 e. The zero-order valence-corrected chi connectivity index (χ0v) is 13.4. The number of fused-ring (bicyclic) bond motifs is 2. The highest BCUT2D eigenvalue weighted by molar-refractivity contribution is 5.92. The highest BCUT2D eigenvalue weighted by atomic mass is 16.6. The van der Waals surface area contributed by atoms with E-state index in [1.165, 1.54) is 0 Å². The van der Waals surface area contributed by atoms with Gasteiger partial charge in [0.05, 0.1) is 11.0 Å². The monoisotopic (exact) mass is 339 g/mol. The largest absolute Gasteiger partial charge is 0.486 e. The number of rotatable bonds is 4. The molecule has 2 heterocycles. The molecule has 0 fully saturated rings. The number of imidazole rings is 1. The lowest BCUT2D eigenvalue weighted by molar-refractivity contribution is -0.116. The first-order valence-corrected chi connectivity index (χ1v) is 7.99. The molecule has 2 aromatic carbocycles. The van der Waals surface area contributed by atoms with Gasteiger partial charge in [-0.15, -0.1) is 0 Å². The van der Waals surface area contributed by atoms with E-state index >= 15 is 0 Å². The van der Waals surface area contributed by atoms with Gasteiger partial charge in [0.25, 0.3) is 0 Å². The van der Waals surface area contributed by atoms with E-state index in [9.17, 15) is 9.90 Å². The summed E-state index contributed by atoms with van der Waals surface area (Å²) >= 11 is 0. The Morgan fingerprint density at radius 1 is 1.16 bits per heavy atom. The number of carbonyl (C=O) groups excluding carboxylic acids is 1. The van der Waals surface area contributed by atoms with Crippen LogP contribution in [0.25, 0.3) is 11.0 Å². The molecule has 3 aromatic rings. The first-order chi connectivity index (χ1) is 12.2. The van der Waals surface area contributed by atoms with Crippen LogP contribution in [0.3, 0.4) is 0 Å². The fourth-order valence-electron chi connectivity index (χ4n) is 2.89. The molecule has 0 aliphatic carbocycles. The van der Waals surface area contributed by atoms with Crippen molar-refractivity contribution in [3.63, 3.8) is 0 Å². The van der Waals surface area contributed by atoms with Crippen LogP contribution in [-0.4, -0.2) is 33.8 Å². The summed E-state index contributed by atoms with van der Waals surface area (Å²) in [5.74, 6) is 1.54. The molecule has 0 atom stereocenters. The van der Waals surface area contributed by atoms with Gasteiger partial charge in [-0.05, 0) is 24.3 Å². The molecule has 0 spiro atoms. The first-order valence-electron chi connectivity index (χ1n) is 7.99. The maximum atomic E-state index is 12.4. The van der Waals surface area contributed by atoms with E-state index in [1.54, 1.807) is 22.8 Å². The van der Waals surface area contributed by atoms with Gasteiger partial charge in [-0.2, -0.15) is 0 Å². The van der Waals surface area contributed by atoms with Crippen molar-refractivity contribution in [3.8, 4) is 11.5 Å². The molecule has 25 heavy (non-hydrogen) atoms. The summed E-state index contributed by atoms with van der Waals surface area (Å²) in [6.45, 7) is 0.846. The average Bonchev–Trinajstić information content (AvgIpc) is 2.99. The zero-order valence-electron chi connectivity index (χ0n) is 13.4. The Morgan fingerprint density at radius 3 is 2.80 bits per heavy atom. The summed E-state index contributed by atoms with van der Waals surface area (Å²) in [5, 5.41) is 12.4. The number of hydrogen-bond acceptors (Lipinski definition) is 5. The van der Waals surface area contributed by atoms with Gasteiger partial charge in [0.2, 0.25) is 5.91 Å². The molecule has 0 saturated carbocycles. The number of nitrogens with one attached hydrogen (secondary N) is 1. The smallest absolute Gasteiger partial charge is 0.244 e. The van der Waals surface area contributed by atoms with Crippen molar-refractivity contribution in [1.29, 1.82) is 0 Å². The second kappa shape index (κ2) is 6.45. The van der Waals surface area contributed by atoms with Crippen LogP contribution in [-0.2, 0) is 17.9 Å². The second-order valence-corrected chi connectivity index (χ2v) is 5.67. The van der Waals surface area contributed by atoms with Gasteiger partial charge in [-0.1, -0.05) is 12.1 Å². The highest BCUT2D eigenvalue weighted by Gasteiger charge is 2.15. The van der Waals surface area contributed by atoms with Crippen LogP contribution in [0.5, 0.6) is 11.5 Å². The third kappa shape index (κ3) is 3.01. The van der Waals surface area contributed by atoms with Gasteiger partial charge < -0.3 is 24.5 Å². The fourth-order valence-corrected chi connectivity index (χ4v) is 2.89. The Bertz CT molecular complexity index is 935. The number of amides is 1. The summed E-state index contributed by atoms with van der Waals surface area (Å²) in [4.78, 5) is 16.8. The van der Waals surface area contributed by atoms with Crippen molar-refractivity contribution in [2.75, 3.05) is 18.5 Å². The van der Waals surface area contributed by atoms with Crippen LogP contribution in [0, 0.1) is 0 Å². The third-order valence-corrected chi connectivity index (χ3v) is 4.00. The summed E-state index contributed by atoms with van der Waals surface area (Å²) in [6, 6.07) is 12.8. The number of carbonyl (C=O) groups is 1. The topological polar surface area (TPSA) is 85.6 Å². The van der Waals surface area contributed by atoms with Crippen LogP contribution in [0.15, 0.2) is 42.5 Å². The first kappa shape index (κ1) is 15.5. The fraction of sp³-hybridized carbons (Fsp3) is 0.222. The maximum absolute atomic E-state index is 12.4. The molecule has 0 radical (unpaired) electrons. The number of nitrogens with zero attached hydrogens (tertiary/aromatic N) is 2. The molecule has 0 unspecified atom stereocenters. The second-order valence-electron chi connectivity index (χ2n) is 5.67. The van der Waals surface area contributed by atoms with E-state index < -0.39 is 0 Å². The standard InChI is InChI=1S/C18H17N3O4/c22-11-17-20-13-3-1-2-4-14(13)21(17)10-18(23)19-12-5-6-15-16(9-12)25-8-7-24-15/h1-6,9,22H,7-8,10-11H2,(H,19,23). The lowest BCUT2D eigenvalue weighted by Crippen LogP contribution is -2.20. The molecular formula is C18H17N3O4. The molecule has 128 valence electrons. The van der Waals surface area contributed by atoms with Gasteiger partial charge >= 0.3 is 0 Å². The molecule has 0 saturated heterocycles. The van der Waals surface area contributed by atoms with Crippen LogP contribution in [0.1, 0.15) is 5.82 Å². The van der Waals surface area contributed by atoms with E-state index in [-0.39, 0.29) is 19.1 Å². The van der Waals surface area contributed by atoms with Gasteiger partial charge in [0.15, 0.2) is 11.5 Å². The molecule has 1 aliphatic heterocycles. The van der Waals surface area contributed by atoms with Gasteiger partial charge in [-0.25, -0.2) is 4.98 Å². The molecule has 2 N–H and O–H groups in total. The Balaban J connectivity index is 1.55. The predicted octanol–water partition coefficient (Wildman–Crippen LogP) is 1.94. The molecule has 1 aromatic heterocycles. The van der Waals surface area contributed by atoms with Gasteiger partial charge in [0.1, 0.15) is 32.2 Å². The van der Waals surface area contributed by atoms with Crippen LogP contribution in [0.4, 0.5) is 5.69 Å². The van der Waals surface area contributed by atoms with Crippen molar-refractivity contribution in [3.05, 3.63) is 48.3 Å². The van der Waals surface area contributed by atoms with Crippen molar-refractivity contribution >= 4 is 22.6 Å². The van der Waals surface area contributed by atoms with Crippen molar-refractivity contribution < 1.29 is 19.4 Å². The lowest BCUT2D eigenvalue weighted by atomic mass is 10.2. The minimum absolute atomic E-state index is 0.0604. The number of para-hydroxylation sites is 2. The third-order valence-electron chi connectivity index (χ3n) is 4.00. The number of ether oxygens (including phenoxy) is 2. The molecule has 7 nitrogen and oxygen atoms in total. The van der Waals surface area contributed by atoms with E-state index in [1.807, 2.05) is 24.3 Å². The Morgan fingerprint density at radius 2 is 1.96 bits per heavy atom. The van der Waals surface area contributed by atoms with Crippen LogP contribution in [0.2, 0.25) is 0 Å². The predicted molar refractivity (Wildman–Crippen MR) is 91.7 cm³/mol. The molecule has 4 rings (SSSR count).